The Kier molecular flexibility index (Phi) is 2.77. The molecule has 1 fully saturated rings. The Morgan fingerprint density at radius 2 is 2.08 bits per heavy atom. The number of methoxy groups -OCH3 is 1. The van der Waals surface area contributed by atoms with E-state index >= 15 is 0 Å². The van der Waals surface area contributed by atoms with Crippen molar-refractivity contribution in [3.63, 3.8) is 0 Å². The SMILES string of the molecule is COC1OC(=O)NC1OC(C)(C)C. The van der Waals surface area contributed by atoms with E-state index in [0.29, 0.717) is 0 Å². The van der Waals surface area contributed by atoms with E-state index in [4.69, 9.17) is 14.2 Å². The molecule has 13 heavy (non-hydrogen) atoms. The van der Waals surface area contributed by atoms with E-state index in [9.17, 15) is 4.79 Å². The molecule has 0 spiro atoms. The van der Waals surface area contributed by atoms with Crippen LogP contribution in [0.1, 0.15) is 20.8 Å². The summed E-state index contributed by atoms with van der Waals surface area (Å²) in [4.78, 5) is 10.8. The molecular formula is C8H15NO4. The average molecular weight is 189 g/mol. The van der Waals surface area contributed by atoms with Gasteiger partial charge in [-0.05, 0) is 20.8 Å². The highest BCUT2D eigenvalue weighted by molar-refractivity contribution is 5.69. The summed E-state index contributed by atoms with van der Waals surface area (Å²) in [5.41, 5.74) is -0.345. The van der Waals surface area contributed by atoms with Crippen molar-refractivity contribution >= 4 is 6.09 Å². The van der Waals surface area contributed by atoms with Crippen molar-refractivity contribution in [2.24, 2.45) is 0 Å². The Morgan fingerprint density at radius 1 is 1.46 bits per heavy atom. The van der Waals surface area contributed by atoms with E-state index in [1.807, 2.05) is 20.8 Å². The van der Waals surface area contributed by atoms with Gasteiger partial charge in [0.25, 0.3) is 0 Å². The van der Waals surface area contributed by atoms with E-state index in [2.05, 4.69) is 5.32 Å². The third-order valence-corrected chi connectivity index (χ3v) is 1.44. The summed E-state index contributed by atoms with van der Waals surface area (Å²) in [6.45, 7) is 5.68. The van der Waals surface area contributed by atoms with Gasteiger partial charge in [-0.1, -0.05) is 0 Å². The van der Waals surface area contributed by atoms with Gasteiger partial charge in [-0.25, -0.2) is 4.79 Å². The summed E-state index contributed by atoms with van der Waals surface area (Å²) in [7, 11) is 1.46. The van der Waals surface area contributed by atoms with Gasteiger partial charge in [0.1, 0.15) is 0 Å². The third-order valence-electron chi connectivity index (χ3n) is 1.44. The maximum absolute atomic E-state index is 10.8. The zero-order chi connectivity index (χ0) is 10.1. The molecule has 1 aliphatic rings. The summed E-state index contributed by atoms with van der Waals surface area (Å²) in [5, 5.41) is 2.50. The molecule has 2 unspecified atom stereocenters. The van der Waals surface area contributed by atoms with Crippen molar-refractivity contribution in [3.05, 3.63) is 0 Å². The third kappa shape index (κ3) is 2.86. The molecule has 0 saturated carbocycles. The predicted molar refractivity (Wildman–Crippen MR) is 45.0 cm³/mol. The van der Waals surface area contributed by atoms with Gasteiger partial charge in [0.05, 0.1) is 5.60 Å². The highest BCUT2D eigenvalue weighted by atomic mass is 16.7. The molecule has 76 valence electrons. The first-order valence-electron chi connectivity index (χ1n) is 4.10. The molecule has 0 aromatic carbocycles. The van der Waals surface area contributed by atoms with Crippen molar-refractivity contribution < 1.29 is 19.0 Å². The van der Waals surface area contributed by atoms with Crippen LogP contribution in [0.2, 0.25) is 0 Å². The summed E-state index contributed by atoms with van der Waals surface area (Å²) in [6, 6.07) is 0. The van der Waals surface area contributed by atoms with Crippen molar-refractivity contribution in [2.75, 3.05) is 7.11 Å². The Labute approximate surface area is 77.3 Å². The molecule has 1 aliphatic heterocycles. The molecule has 1 N–H and O–H groups in total. The first-order valence-corrected chi connectivity index (χ1v) is 4.10. The molecule has 1 heterocycles. The van der Waals surface area contributed by atoms with Gasteiger partial charge >= 0.3 is 6.09 Å². The molecule has 5 heteroatoms. The Bertz CT molecular complexity index is 199. The highest BCUT2D eigenvalue weighted by Crippen LogP contribution is 2.17. The lowest BCUT2D eigenvalue weighted by Crippen LogP contribution is -2.41. The van der Waals surface area contributed by atoms with Gasteiger partial charge in [0, 0.05) is 7.11 Å². The molecular weight excluding hydrogens is 174 g/mol. The zero-order valence-electron chi connectivity index (χ0n) is 8.29. The van der Waals surface area contributed by atoms with Crippen LogP contribution < -0.4 is 5.32 Å². The number of amides is 1. The lowest BCUT2D eigenvalue weighted by Gasteiger charge is -2.25. The molecule has 0 radical (unpaired) electrons. The van der Waals surface area contributed by atoms with E-state index < -0.39 is 18.6 Å². The molecule has 0 aromatic rings. The maximum atomic E-state index is 10.8. The van der Waals surface area contributed by atoms with Gasteiger partial charge in [-0.15, -0.1) is 0 Å². The lowest BCUT2D eigenvalue weighted by atomic mass is 10.2. The Hall–Kier alpha value is -0.810. The fourth-order valence-corrected chi connectivity index (χ4v) is 1.02. The number of rotatable bonds is 2. The zero-order valence-corrected chi connectivity index (χ0v) is 8.29. The quantitative estimate of drug-likeness (QED) is 0.699. The number of hydrogen-bond donors (Lipinski definition) is 1. The van der Waals surface area contributed by atoms with E-state index in [-0.39, 0.29) is 5.60 Å². The second kappa shape index (κ2) is 3.51. The first-order chi connectivity index (χ1) is 5.92. The molecule has 1 amide bonds. The van der Waals surface area contributed by atoms with Crippen molar-refractivity contribution in [2.45, 2.75) is 38.9 Å². The molecule has 0 bridgehead atoms. The van der Waals surface area contributed by atoms with E-state index in [0.717, 1.165) is 0 Å². The van der Waals surface area contributed by atoms with E-state index in [1.54, 1.807) is 0 Å². The molecule has 0 aromatic heterocycles. The summed E-state index contributed by atoms with van der Waals surface area (Å²) in [5.74, 6) is 0. The van der Waals surface area contributed by atoms with Crippen LogP contribution in [0.25, 0.3) is 0 Å². The van der Waals surface area contributed by atoms with Gasteiger partial charge in [0.15, 0.2) is 6.23 Å². The minimum absolute atomic E-state index is 0.345. The lowest BCUT2D eigenvalue weighted by molar-refractivity contribution is -0.171. The minimum atomic E-state index is -0.660. The first kappa shape index (κ1) is 10.3. The average Bonchev–Trinajstić information content (AvgIpc) is 2.27. The largest absolute Gasteiger partial charge is 0.415 e. The van der Waals surface area contributed by atoms with Gasteiger partial charge in [0.2, 0.25) is 6.29 Å². The molecule has 1 rings (SSSR count). The van der Waals surface area contributed by atoms with Crippen LogP contribution in [0.3, 0.4) is 0 Å². The van der Waals surface area contributed by atoms with Crippen LogP contribution in [-0.2, 0) is 14.2 Å². The van der Waals surface area contributed by atoms with Gasteiger partial charge in [-0.2, -0.15) is 0 Å². The molecule has 2 atom stereocenters. The summed E-state index contributed by atoms with van der Waals surface area (Å²) < 4.78 is 15.2. The van der Waals surface area contributed by atoms with Gasteiger partial charge < -0.3 is 14.2 Å². The van der Waals surface area contributed by atoms with Crippen LogP contribution >= 0.6 is 0 Å². The summed E-state index contributed by atoms with van der Waals surface area (Å²) in [6.07, 6.45) is -1.70. The molecule has 0 aliphatic carbocycles. The predicted octanol–water partition coefficient (Wildman–Crippen LogP) is 0.840. The number of alkyl carbamates (subject to hydrolysis) is 1. The minimum Gasteiger partial charge on any atom is -0.415 e. The topological polar surface area (TPSA) is 56.8 Å². The summed E-state index contributed by atoms with van der Waals surface area (Å²) >= 11 is 0. The number of nitrogens with one attached hydrogen (secondary N) is 1. The number of hydrogen-bond acceptors (Lipinski definition) is 4. The molecule has 1 saturated heterocycles. The van der Waals surface area contributed by atoms with Crippen molar-refractivity contribution in [3.8, 4) is 0 Å². The Balaban J connectivity index is 2.54. The number of carbonyl (C=O) groups is 1. The normalized spacial score (nSPS) is 28.5. The fraction of sp³-hybridized carbons (Fsp3) is 0.875. The van der Waals surface area contributed by atoms with E-state index in [1.165, 1.54) is 7.11 Å². The maximum Gasteiger partial charge on any atom is 0.411 e. The van der Waals surface area contributed by atoms with Crippen LogP contribution in [0, 0.1) is 0 Å². The molecule has 5 nitrogen and oxygen atoms in total. The standard InChI is InChI=1S/C8H15NO4/c1-8(2,3)13-5-6(11-4)12-7(10)9-5/h5-6H,1-4H3,(H,9,10). The van der Waals surface area contributed by atoms with Gasteiger partial charge in [-0.3, -0.25) is 5.32 Å². The Morgan fingerprint density at radius 3 is 2.54 bits per heavy atom. The van der Waals surface area contributed by atoms with Crippen LogP contribution in [0.15, 0.2) is 0 Å². The second-order valence-electron chi connectivity index (χ2n) is 3.80. The fourth-order valence-electron chi connectivity index (χ4n) is 1.02. The van der Waals surface area contributed by atoms with Crippen LogP contribution in [0.5, 0.6) is 0 Å². The highest BCUT2D eigenvalue weighted by Gasteiger charge is 2.37. The smallest absolute Gasteiger partial charge is 0.411 e. The van der Waals surface area contributed by atoms with Crippen molar-refractivity contribution in [1.29, 1.82) is 0 Å². The van der Waals surface area contributed by atoms with Crippen LogP contribution in [0.4, 0.5) is 4.79 Å². The number of ether oxygens (including phenoxy) is 3. The number of cyclic esters (lactones) is 1. The monoisotopic (exact) mass is 189 g/mol. The van der Waals surface area contributed by atoms with Crippen molar-refractivity contribution in [1.82, 2.24) is 5.32 Å². The van der Waals surface area contributed by atoms with Crippen LogP contribution in [-0.4, -0.2) is 31.3 Å². The number of carbonyl (C=O) groups excluding carboxylic acids is 1. The second-order valence-corrected chi connectivity index (χ2v) is 3.80.